The minimum Gasteiger partial charge on any atom is -0.493 e. The van der Waals surface area contributed by atoms with Crippen molar-refractivity contribution in [3.05, 3.63) is 17.7 Å². The molecule has 134 valence electrons. The van der Waals surface area contributed by atoms with E-state index in [1.807, 2.05) is 0 Å². The van der Waals surface area contributed by atoms with E-state index in [0.29, 0.717) is 29.1 Å². The summed E-state index contributed by atoms with van der Waals surface area (Å²) in [5, 5.41) is 0. The first-order valence-corrected chi connectivity index (χ1v) is 9.84. The zero-order chi connectivity index (χ0) is 17.5. The Morgan fingerprint density at radius 2 is 1.79 bits per heavy atom. The average molecular weight is 354 g/mol. The summed E-state index contributed by atoms with van der Waals surface area (Å²) in [6.07, 6.45) is 3.32. The van der Waals surface area contributed by atoms with Crippen LogP contribution in [0.25, 0.3) is 0 Å². The summed E-state index contributed by atoms with van der Waals surface area (Å²) in [6.45, 7) is 4.73. The highest BCUT2D eigenvalue weighted by molar-refractivity contribution is 7.89. The number of likely N-dealkylation sites (tertiary alicyclic amines) is 1. The molecule has 0 bridgehead atoms. The fraction of sp³-hybridized carbons (Fsp3) is 0.647. The number of hydrogen-bond acceptors (Lipinski definition) is 5. The van der Waals surface area contributed by atoms with Crippen LogP contribution in [-0.4, -0.2) is 52.2 Å². The number of rotatable bonds is 6. The molecule has 1 N–H and O–H groups in total. The van der Waals surface area contributed by atoms with Gasteiger partial charge in [-0.05, 0) is 44.7 Å². The molecule has 2 fully saturated rings. The van der Waals surface area contributed by atoms with Crippen molar-refractivity contribution in [1.29, 1.82) is 0 Å². The second kappa shape index (κ2) is 6.54. The van der Waals surface area contributed by atoms with E-state index in [0.717, 1.165) is 13.0 Å². The molecule has 24 heavy (non-hydrogen) atoms. The van der Waals surface area contributed by atoms with Crippen LogP contribution in [0.4, 0.5) is 0 Å². The van der Waals surface area contributed by atoms with Gasteiger partial charge in [-0.25, -0.2) is 13.1 Å². The van der Waals surface area contributed by atoms with Gasteiger partial charge in [0.25, 0.3) is 0 Å². The van der Waals surface area contributed by atoms with Crippen LogP contribution in [0.15, 0.2) is 17.0 Å². The van der Waals surface area contributed by atoms with Crippen LogP contribution in [0.3, 0.4) is 0 Å². The van der Waals surface area contributed by atoms with Crippen LogP contribution in [-0.2, 0) is 10.0 Å². The molecule has 1 aliphatic heterocycles. The summed E-state index contributed by atoms with van der Waals surface area (Å²) in [5.41, 5.74) is 0.644. The summed E-state index contributed by atoms with van der Waals surface area (Å²) >= 11 is 0. The van der Waals surface area contributed by atoms with E-state index in [-0.39, 0.29) is 10.9 Å². The van der Waals surface area contributed by atoms with Gasteiger partial charge < -0.3 is 9.47 Å². The van der Waals surface area contributed by atoms with E-state index >= 15 is 0 Å². The number of nitrogens with zero attached hydrogens (tertiary/aromatic N) is 1. The molecule has 1 saturated heterocycles. The number of sulfonamides is 1. The van der Waals surface area contributed by atoms with Crippen molar-refractivity contribution < 1.29 is 17.9 Å². The first kappa shape index (κ1) is 17.5. The van der Waals surface area contributed by atoms with Crippen molar-refractivity contribution in [2.45, 2.75) is 56.1 Å². The second-order valence-electron chi connectivity index (χ2n) is 6.80. The molecule has 2 atom stereocenters. The molecule has 1 aliphatic carbocycles. The van der Waals surface area contributed by atoms with Gasteiger partial charge in [-0.15, -0.1) is 0 Å². The zero-order valence-electron chi connectivity index (χ0n) is 14.7. The molecule has 3 rings (SSSR count). The van der Waals surface area contributed by atoms with E-state index in [4.69, 9.17) is 9.47 Å². The van der Waals surface area contributed by atoms with Gasteiger partial charge in [0.1, 0.15) is 0 Å². The number of hydrogen-bond donors (Lipinski definition) is 1. The standard InChI is InChI=1S/C17H26N2O4S/c1-11-7-15(22-3)16(23-4)9-17(11)24(20,21)18-13-8-12(2)19(10-13)14-5-6-14/h7,9,12-14,18H,5-6,8,10H2,1-4H3. The van der Waals surface area contributed by atoms with Crippen LogP contribution in [0.1, 0.15) is 31.7 Å². The van der Waals surface area contributed by atoms with Crippen molar-refractivity contribution in [2.75, 3.05) is 20.8 Å². The quantitative estimate of drug-likeness (QED) is 0.845. The van der Waals surface area contributed by atoms with Gasteiger partial charge in [0.05, 0.1) is 19.1 Å². The first-order chi connectivity index (χ1) is 11.4. The maximum Gasteiger partial charge on any atom is 0.241 e. The minimum atomic E-state index is -3.60. The van der Waals surface area contributed by atoms with Crippen LogP contribution in [0, 0.1) is 6.92 Å². The highest BCUT2D eigenvalue weighted by atomic mass is 32.2. The largest absolute Gasteiger partial charge is 0.493 e. The Kier molecular flexibility index (Phi) is 4.77. The SMILES string of the molecule is COc1cc(C)c(S(=O)(=O)NC2CC(C)N(C3CC3)C2)cc1OC. The van der Waals surface area contributed by atoms with Crippen LogP contribution in [0.5, 0.6) is 11.5 Å². The van der Waals surface area contributed by atoms with E-state index in [2.05, 4.69) is 16.5 Å². The van der Waals surface area contributed by atoms with Crippen LogP contribution >= 0.6 is 0 Å². The van der Waals surface area contributed by atoms with Crippen molar-refractivity contribution in [1.82, 2.24) is 9.62 Å². The van der Waals surface area contributed by atoms with E-state index in [1.165, 1.54) is 33.1 Å². The Morgan fingerprint density at radius 3 is 2.38 bits per heavy atom. The maximum atomic E-state index is 12.8. The summed E-state index contributed by atoms with van der Waals surface area (Å²) in [7, 11) is -0.555. The number of aryl methyl sites for hydroxylation is 1. The van der Waals surface area contributed by atoms with Crippen molar-refractivity contribution >= 4 is 10.0 Å². The second-order valence-corrected chi connectivity index (χ2v) is 8.49. The summed E-state index contributed by atoms with van der Waals surface area (Å²) in [6, 6.07) is 4.27. The minimum absolute atomic E-state index is 0.0434. The highest BCUT2D eigenvalue weighted by Gasteiger charge is 2.40. The molecule has 2 aliphatic rings. The Bertz CT molecular complexity index is 716. The lowest BCUT2D eigenvalue weighted by atomic mass is 10.2. The van der Waals surface area contributed by atoms with Gasteiger partial charge in [0.15, 0.2) is 11.5 Å². The molecule has 7 heteroatoms. The Morgan fingerprint density at radius 1 is 1.17 bits per heavy atom. The molecular formula is C17H26N2O4S. The lowest BCUT2D eigenvalue weighted by Gasteiger charge is -2.20. The molecule has 1 heterocycles. The fourth-order valence-corrected chi connectivity index (χ4v) is 5.07. The lowest BCUT2D eigenvalue weighted by molar-refractivity contribution is 0.256. The average Bonchev–Trinajstić information content (AvgIpc) is 3.30. The zero-order valence-corrected chi connectivity index (χ0v) is 15.5. The third-order valence-corrected chi connectivity index (χ3v) is 6.59. The van der Waals surface area contributed by atoms with E-state index < -0.39 is 10.0 Å². The lowest BCUT2D eigenvalue weighted by Crippen LogP contribution is -2.37. The fourth-order valence-electron chi connectivity index (χ4n) is 3.59. The number of benzene rings is 1. The van der Waals surface area contributed by atoms with Crippen molar-refractivity contribution in [3.63, 3.8) is 0 Å². The Balaban J connectivity index is 1.80. The summed E-state index contributed by atoms with van der Waals surface area (Å²) in [5.74, 6) is 0.950. The van der Waals surface area contributed by atoms with Gasteiger partial charge >= 0.3 is 0 Å². The molecule has 0 amide bonds. The third-order valence-electron chi connectivity index (χ3n) is 4.93. The molecule has 2 unspecified atom stereocenters. The predicted molar refractivity (Wildman–Crippen MR) is 92.2 cm³/mol. The first-order valence-electron chi connectivity index (χ1n) is 8.36. The van der Waals surface area contributed by atoms with Gasteiger partial charge in [-0.3, -0.25) is 4.90 Å². The van der Waals surface area contributed by atoms with Crippen molar-refractivity contribution in [3.8, 4) is 11.5 Å². The normalized spacial score (nSPS) is 25.0. The molecule has 0 spiro atoms. The number of ether oxygens (including phenoxy) is 2. The number of nitrogens with one attached hydrogen (secondary N) is 1. The third kappa shape index (κ3) is 3.38. The predicted octanol–water partition coefficient (Wildman–Crippen LogP) is 1.92. The Labute approximate surface area is 144 Å². The van der Waals surface area contributed by atoms with Crippen LogP contribution < -0.4 is 14.2 Å². The number of methoxy groups -OCH3 is 2. The molecule has 1 aromatic rings. The topological polar surface area (TPSA) is 67.9 Å². The van der Waals surface area contributed by atoms with E-state index in [1.54, 1.807) is 13.0 Å². The summed E-state index contributed by atoms with van der Waals surface area (Å²) in [4.78, 5) is 2.67. The van der Waals surface area contributed by atoms with Crippen LogP contribution in [0.2, 0.25) is 0 Å². The maximum absolute atomic E-state index is 12.8. The monoisotopic (exact) mass is 354 g/mol. The molecule has 6 nitrogen and oxygen atoms in total. The van der Waals surface area contributed by atoms with Gasteiger partial charge in [0, 0.05) is 30.7 Å². The molecule has 1 aromatic carbocycles. The smallest absolute Gasteiger partial charge is 0.241 e. The highest BCUT2D eigenvalue weighted by Crippen LogP contribution is 2.35. The molecular weight excluding hydrogens is 328 g/mol. The van der Waals surface area contributed by atoms with E-state index in [9.17, 15) is 8.42 Å². The van der Waals surface area contributed by atoms with Gasteiger partial charge in [-0.1, -0.05) is 0 Å². The van der Waals surface area contributed by atoms with Gasteiger partial charge in [-0.2, -0.15) is 0 Å². The molecule has 1 saturated carbocycles. The Hall–Kier alpha value is -1.31. The van der Waals surface area contributed by atoms with Gasteiger partial charge in [0.2, 0.25) is 10.0 Å². The van der Waals surface area contributed by atoms with Crippen molar-refractivity contribution in [2.24, 2.45) is 0 Å². The summed E-state index contributed by atoms with van der Waals surface area (Å²) < 4.78 is 39.1. The molecule has 0 aromatic heterocycles. The molecule has 0 radical (unpaired) electrons.